The summed E-state index contributed by atoms with van der Waals surface area (Å²) in [7, 11) is 0. The Hall–Kier alpha value is -2.57. The van der Waals surface area contributed by atoms with Crippen LogP contribution in [-0.2, 0) is 11.3 Å². The van der Waals surface area contributed by atoms with Crippen LogP contribution in [0, 0.1) is 5.92 Å². The largest absolute Gasteiger partial charge is 0.492 e. The fraction of sp³-hybridized carbons (Fsp3) is 0.480. The fourth-order valence-corrected chi connectivity index (χ4v) is 2.77. The molecule has 31 heavy (non-hydrogen) atoms. The number of hydrogen-bond acceptors (Lipinski definition) is 5. The van der Waals surface area contributed by atoms with Gasteiger partial charge in [-0.1, -0.05) is 45.9 Å². The van der Waals surface area contributed by atoms with Crippen LogP contribution in [0.3, 0.4) is 0 Å². The lowest BCUT2D eigenvalue weighted by Gasteiger charge is -2.12. The van der Waals surface area contributed by atoms with Crippen molar-refractivity contribution in [1.29, 1.82) is 0 Å². The van der Waals surface area contributed by atoms with Crippen molar-refractivity contribution < 1.29 is 19.0 Å². The molecule has 0 spiro atoms. The van der Waals surface area contributed by atoms with Gasteiger partial charge >= 0.3 is 0 Å². The second-order valence-corrected chi connectivity index (χ2v) is 8.14. The van der Waals surface area contributed by atoms with Gasteiger partial charge in [0, 0.05) is 30.8 Å². The molecule has 6 nitrogen and oxygen atoms in total. The first-order chi connectivity index (χ1) is 14.9. The molecule has 0 bridgehead atoms. The molecule has 0 aliphatic rings. The molecule has 170 valence electrons. The third kappa shape index (κ3) is 10.3. The zero-order valence-electron chi connectivity index (χ0n) is 19.1. The topological polar surface area (TPSA) is 68.8 Å². The van der Waals surface area contributed by atoms with Crippen molar-refractivity contribution in [3.8, 4) is 11.5 Å². The number of amides is 1. The van der Waals surface area contributed by atoms with Gasteiger partial charge in [0.1, 0.15) is 24.7 Å². The summed E-state index contributed by atoms with van der Waals surface area (Å²) < 4.78 is 17.1. The third-order valence-electron chi connectivity index (χ3n) is 4.32. The molecule has 0 heterocycles. The number of carbonyl (C=O) groups is 1. The molecule has 0 saturated heterocycles. The van der Waals surface area contributed by atoms with Crippen molar-refractivity contribution in [3.63, 3.8) is 0 Å². The fourth-order valence-electron chi connectivity index (χ4n) is 2.77. The quantitative estimate of drug-likeness (QED) is 0.445. The molecular weight excluding hydrogens is 392 g/mol. The van der Waals surface area contributed by atoms with Gasteiger partial charge < -0.3 is 24.8 Å². The monoisotopic (exact) mass is 428 g/mol. The number of hydrogen-bond donors (Lipinski definition) is 2. The molecule has 0 radical (unpaired) electrons. The van der Waals surface area contributed by atoms with E-state index in [-0.39, 0.29) is 5.91 Å². The smallest absolute Gasteiger partial charge is 0.251 e. The van der Waals surface area contributed by atoms with E-state index in [4.69, 9.17) is 14.2 Å². The van der Waals surface area contributed by atoms with Gasteiger partial charge in [0.05, 0.1) is 13.2 Å². The summed E-state index contributed by atoms with van der Waals surface area (Å²) in [5.74, 6) is 1.88. The molecule has 0 saturated carbocycles. The van der Waals surface area contributed by atoms with E-state index >= 15 is 0 Å². The first kappa shape index (κ1) is 24.7. The number of benzene rings is 2. The maximum Gasteiger partial charge on any atom is 0.251 e. The van der Waals surface area contributed by atoms with Crippen molar-refractivity contribution in [2.24, 2.45) is 5.92 Å². The predicted octanol–water partition coefficient (Wildman–Crippen LogP) is 4.04. The Morgan fingerprint density at radius 3 is 2.16 bits per heavy atom. The zero-order chi connectivity index (χ0) is 22.5. The predicted molar refractivity (Wildman–Crippen MR) is 124 cm³/mol. The minimum Gasteiger partial charge on any atom is -0.492 e. The molecule has 6 heteroatoms. The summed E-state index contributed by atoms with van der Waals surface area (Å²) in [5.41, 5.74) is 1.68. The molecule has 2 rings (SSSR count). The van der Waals surface area contributed by atoms with Gasteiger partial charge in [-0.2, -0.15) is 0 Å². The van der Waals surface area contributed by atoms with Crippen molar-refractivity contribution in [2.75, 3.05) is 32.9 Å². The SMILES string of the molecule is CC(C)COCc1ccc(C(=O)NCCOc2cccc(OCCNC(C)C)c2)cc1. The summed E-state index contributed by atoms with van der Waals surface area (Å²) in [5, 5.41) is 6.19. The van der Waals surface area contributed by atoms with Crippen LogP contribution in [-0.4, -0.2) is 44.9 Å². The third-order valence-corrected chi connectivity index (χ3v) is 4.32. The Kier molecular flexibility index (Phi) is 10.9. The molecule has 0 fully saturated rings. The molecule has 2 aromatic rings. The maximum absolute atomic E-state index is 12.3. The Morgan fingerprint density at radius 1 is 0.903 bits per heavy atom. The van der Waals surface area contributed by atoms with Crippen molar-refractivity contribution in [2.45, 2.75) is 40.3 Å². The second-order valence-electron chi connectivity index (χ2n) is 8.14. The normalized spacial score (nSPS) is 11.0. The highest BCUT2D eigenvalue weighted by Crippen LogP contribution is 2.19. The Balaban J connectivity index is 1.67. The average molecular weight is 429 g/mol. The summed E-state index contributed by atoms with van der Waals surface area (Å²) in [6.45, 7) is 11.9. The van der Waals surface area contributed by atoms with E-state index in [0.717, 1.165) is 24.5 Å². The molecule has 2 aromatic carbocycles. The van der Waals surface area contributed by atoms with E-state index in [1.54, 1.807) is 0 Å². The minimum atomic E-state index is -0.118. The Labute approximate surface area is 186 Å². The van der Waals surface area contributed by atoms with Crippen LogP contribution >= 0.6 is 0 Å². The first-order valence-electron chi connectivity index (χ1n) is 11.0. The lowest BCUT2D eigenvalue weighted by atomic mass is 10.1. The van der Waals surface area contributed by atoms with E-state index in [2.05, 4.69) is 38.3 Å². The average Bonchev–Trinajstić information content (AvgIpc) is 2.74. The Morgan fingerprint density at radius 2 is 1.55 bits per heavy atom. The number of nitrogens with one attached hydrogen (secondary N) is 2. The number of ether oxygens (including phenoxy) is 3. The van der Waals surface area contributed by atoms with Gasteiger partial charge in [0.2, 0.25) is 0 Å². The van der Waals surface area contributed by atoms with Gasteiger partial charge in [-0.15, -0.1) is 0 Å². The van der Waals surface area contributed by atoms with Crippen LogP contribution in [0.5, 0.6) is 11.5 Å². The highest BCUT2D eigenvalue weighted by Gasteiger charge is 2.06. The van der Waals surface area contributed by atoms with Crippen molar-refractivity contribution >= 4 is 5.91 Å². The van der Waals surface area contributed by atoms with E-state index in [9.17, 15) is 4.79 Å². The van der Waals surface area contributed by atoms with E-state index in [0.29, 0.717) is 49.6 Å². The van der Waals surface area contributed by atoms with Crippen LogP contribution < -0.4 is 20.1 Å². The molecule has 0 unspecified atom stereocenters. The molecule has 0 aliphatic heterocycles. The van der Waals surface area contributed by atoms with Gasteiger partial charge in [-0.25, -0.2) is 0 Å². The Bertz CT molecular complexity index is 775. The van der Waals surface area contributed by atoms with Crippen LogP contribution in [0.15, 0.2) is 48.5 Å². The van der Waals surface area contributed by atoms with Crippen LogP contribution in [0.25, 0.3) is 0 Å². The van der Waals surface area contributed by atoms with Gasteiger partial charge in [0.25, 0.3) is 5.91 Å². The number of rotatable bonds is 14. The van der Waals surface area contributed by atoms with Gasteiger partial charge in [-0.05, 0) is 35.7 Å². The standard InChI is InChI=1S/C25H36N2O4/c1-19(2)17-29-18-21-8-10-22(11-9-21)25(28)27-13-15-31-24-7-5-6-23(16-24)30-14-12-26-20(3)4/h5-11,16,19-20,26H,12-15,17-18H2,1-4H3,(H,27,28). The van der Waals surface area contributed by atoms with Gasteiger partial charge in [0.15, 0.2) is 0 Å². The molecule has 0 aliphatic carbocycles. The zero-order valence-corrected chi connectivity index (χ0v) is 19.1. The van der Waals surface area contributed by atoms with Crippen LogP contribution in [0.1, 0.15) is 43.6 Å². The molecule has 1 amide bonds. The summed E-state index contributed by atoms with van der Waals surface area (Å²) >= 11 is 0. The van der Waals surface area contributed by atoms with Crippen LogP contribution in [0.2, 0.25) is 0 Å². The molecular formula is C25H36N2O4. The lowest BCUT2D eigenvalue weighted by Crippen LogP contribution is -2.28. The van der Waals surface area contributed by atoms with E-state index < -0.39 is 0 Å². The molecule has 0 aromatic heterocycles. The highest BCUT2D eigenvalue weighted by molar-refractivity contribution is 5.94. The minimum absolute atomic E-state index is 0.118. The molecule has 2 N–H and O–H groups in total. The van der Waals surface area contributed by atoms with Gasteiger partial charge in [-0.3, -0.25) is 4.79 Å². The first-order valence-corrected chi connectivity index (χ1v) is 11.0. The van der Waals surface area contributed by atoms with Crippen molar-refractivity contribution in [1.82, 2.24) is 10.6 Å². The molecule has 0 atom stereocenters. The summed E-state index contributed by atoms with van der Waals surface area (Å²) in [6.07, 6.45) is 0. The second kappa shape index (κ2) is 13.7. The van der Waals surface area contributed by atoms with E-state index in [1.165, 1.54) is 0 Å². The summed E-state index contributed by atoms with van der Waals surface area (Å²) in [6, 6.07) is 15.5. The van der Waals surface area contributed by atoms with Crippen molar-refractivity contribution in [3.05, 3.63) is 59.7 Å². The summed E-state index contributed by atoms with van der Waals surface area (Å²) in [4.78, 5) is 12.3. The highest BCUT2D eigenvalue weighted by atomic mass is 16.5. The number of carbonyl (C=O) groups excluding carboxylic acids is 1. The maximum atomic E-state index is 12.3. The lowest BCUT2D eigenvalue weighted by molar-refractivity contribution is 0.0944. The van der Waals surface area contributed by atoms with E-state index in [1.807, 2.05) is 48.5 Å². The van der Waals surface area contributed by atoms with Crippen LogP contribution in [0.4, 0.5) is 0 Å².